The van der Waals surface area contributed by atoms with Gasteiger partial charge in [0.1, 0.15) is 6.79 Å². The third-order valence-corrected chi connectivity index (χ3v) is 21.4. The van der Waals surface area contributed by atoms with Crippen LogP contribution in [-0.4, -0.2) is 25.3 Å². The van der Waals surface area contributed by atoms with Crippen LogP contribution >= 0.6 is 23.8 Å². The minimum Gasteiger partial charge on any atom is -0.307 e. The molecule has 0 N–H and O–H groups in total. The third kappa shape index (κ3) is 15.6. The molecule has 0 fully saturated rings. The molecule has 0 aromatic heterocycles. The van der Waals surface area contributed by atoms with E-state index in [2.05, 4.69) is 309 Å². The Labute approximate surface area is 479 Å². The van der Waals surface area contributed by atoms with E-state index >= 15 is 0 Å². The molecule has 0 unspecified atom stereocenters. The summed E-state index contributed by atoms with van der Waals surface area (Å²) in [6, 6.07) is 112. The molecule has 5 heteroatoms. The fourth-order valence-corrected chi connectivity index (χ4v) is 17.1. The molecule has 0 saturated heterocycles. The van der Waals surface area contributed by atoms with Gasteiger partial charge in [0.15, 0.2) is 0 Å². The zero-order chi connectivity index (χ0) is 52.7. The molecule has 12 aromatic rings. The second-order valence-electron chi connectivity index (χ2n) is 18.6. The van der Waals surface area contributed by atoms with E-state index in [9.17, 15) is 0 Å². The maximum Gasteiger partial charge on any atom is 0.106 e. The average molecular weight is 1150 g/mol. The van der Waals surface area contributed by atoms with Gasteiger partial charge >= 0.3 is 0 Å². The summed E-state index contributed by atoms with van der Waals surface area (Å²) in [6.07, 6.45) is 6.86. The molecule has 0 aliphatic rings. The summed E-state index contributed by atoms with van der Waals surface area (Å²) in [4.78, 5) is 8.00. The predicted octanol–water partition coefficient (Wildman–Crippen LogP) is 16.4. The van der Waals surface area contributed by atoms with Crippen LogP contribution < -0.4 is 31.8 Å². The van der Waals surface area contributed by atoms with Gasteiger partial charge in [0.25, 0.3) is 0 Å². The number of hydrogen-bond acceptors (Lipinski definition) is 1. The summed E-state index contributed by atoms with van der Waals surface area (Å²) in [7, 11) is -0.990. The molecule has 387 valence electrons. The maximum atomic E-state index is 8.00. The Morgan fingerprint density at radius 2 is 0.397 bits per heavy atom. The molecule has 0 spiro atoms. The Bertz CT molecular complexity index is 3120. The maximum absolute atomic E-state index is 8.00. The zero-order valence-electron chi connectivity index (χ0n) is 44.0. The number of carbonyl (C=O) groups excluding carboxylic acids is 1. The van der Waals surface area contributed by atoms with E-state index < -0.39 is 0 Å². The van der Waals surface area contributed by atoms with Crippen molar-refractivity contribution in [1.29, 1.82) is 0 Å². The van der Waals surface area contributed by atoms with Crippen molar-refractivity contribution in [3.63, 3.8) is 0 Å². The topological polar surface area (TPSA) is 17.1 Å². The van der Waals surface area contributed by atoms with Crippen molar-refractivity contribution in [2.24, 2.45) is 0 Å². The summed E-state index contributed by atoms with van der Waals surface area (Å²) >= 11 is 0. The Morgan fingerprint density at radius 3 is 0.615 bits per heavy atom. The minimum absolute atomic E-state index is 0. The van der Waals surface area contributed by atoms with E-state index in [4.69, 9.17) is 4.79 Å². The molecule has 0 heterocycles. The Hall–Kier alpha value is -7.00. The van der Waals surface area contributed by atoms with Gasteiger partial charge in [-0.15, -0.1) is 0 Å². The molecule has 0 aliphatic carbocycles. The van der Waals surface area contributed by atoms with Crippen LogP contribution in [-0.2, 0) is 43.5 Å². The quantitative estimate of drug-likeness (QED) is 0.0739. The smallest absolute Gasteiger partial charge is 0.106 e. The average Bonchev–Trinajstić information content (AvgIpc) is 3.53. The number of aryl methyl sites for hydroxylation is 3. The third-order valence-electron chi connectivity index (χ3n) is 13.9. The van der Waals surface area contributed by atoms with E-state index in [0.717, 1.165) is 19.3 Å². The summed E-state index contributed by atoms with van der Waals surface area (Å²) in [6.45, 7) is 2.00. The van der Waals surface area contributed by atoms with Crippen LogP contribution in [0.1, 0.15) is 16.7 Å². The van der Waals surface area contributed by atoms with Gasteiger partial charge < -0.3 is 4.79 Å². The van der Waals surface area contributed by atoms with Crippen molar-refractivity contribution in [3.05, 3.63) is 326 Å². The van der Waals surface area contributed by atoms with E-state index in [1.165, 1.54) is 99.3 Å². The molecule has 0 saturated carbocycles. The summed E-state index contributed by atoms with van der Waals surface area (Å²) < 4.78 is 0. The van der Waals surface area contributed by atoms with E-state index in [0.29, 0.717) is 0 Å². The summed E-state index contributed by atoms with van der Waals surface area (Å²) in [5, 5.41) is 17.0. The second kappa shape index (κ2) is 30.8. The SMILES string of the molecule is C=O.[Rh].c1ccc(P(CCc2cccc3ccccc23)c2ccccc2)cc1.c1ccc(P(CCc2cccc3ccccc23)c2ccccc2)cc1.c1ccc(P(CCc2cccc3ccccc23)c2ccccc2)cc1. The van der Waals surface area contributed by atoms with Crippen LogP contribution in [0.15, 0.2) is 309 Å². The number of fused-ring (bicyclic) bond motifs is 3. The standard InChI is InChI=1S/3C24H21P.CH2O.Rh/c3*1-3-13-22(14-4-1)25(23-15-5-2-6-16-23)19-18-21-12-9-11-20-10-7-8-17-24(20)21;1-2;/h3*1-17H,18-19H2;1H2;. The van der Waals surface area contributed by atoms with Crippen LogP contribution in [0.3, 0.4) is 0 Å². The summed E-state index contributed by atoms with van der Waals surface area (Å²) in [5.74, 6) is 0. The van der Waals surface area contributed by atoms with Crippen LogP contribution in [0.2, 0.25) is 0 Å². The number of rotatable bonds is 15. The van der Waals surface area contributed by atoms with Crippen molar-refractivity contribution in [3.8, 4) is 0 Å². The fraction of sp³-hybridized carbons (Fsp3) is 0.0822. The first-order valence-corrected chi connectivity index (χ1v) is 31.1. The molecule has 0 bridgehead atoms. The first kappa shape index (κ1) is 57.2. The molecular weight excluding hydrogens is 1090 g/mol. The van der Waals surface area contributed by atoms with Crippen molar-refractivity contribution in [1.82, 2.24) is 0 Å². The monoisotopic (exact) mass is 1150 g/mol. The van der Waals surface area contributed by atoms with E-state index in [-0.39, 0.29) is 43.2 Å². The van der Waals surface area contributed by atoms with E-state index in [1.807, 2.05) is 6.79 Å². The normalized spacial score (nSPS) is 10.7. The van der Waals surface area contributed by atoms with Crippen molar-refractivity contribution in [2.45, 2.75) is 19.3 Å². The van der Waals surface area contributed by atoms with Gasteiger partial charge in [0.2, 0.25) is 0 Å². The van der Waals surface area contributed by atoms with Crippen LogP contribution in [0.4, 0.5) is 0 Å². The fourth-order valence-electron chi connectivity index (χ4n) is 10.1. The molecule has 0 amide bonds. The van der Waals surface area contributed by atoms with Gasteiger partial charge in [-0.05, 0) is 142 Å². The van der Waals surface area contributed by atoms with Gasteiger partial charge in [-0.3, -0.25) is 0 Å². The van der Waals surface area contributed by atoms with Crippen LogP contribution in [0, 0.1) is 0 Å². The van der Waals surface area contributed by atoms with Gasteiger partial charge in [0, 0.05) is 19.5 Å². The van der Waals surface area contributed by atoms with Crippen molar-refractivity contribution < 1.29 is 24.3 Å². The number of hydrogen-bond donors (Lipinski definition) is 0. The van der Waals surface area contributed by atoms with Crippen LogP contribution in [0.25, 0.3) is 32.3 Å². The molecule has 78 heavy (non-hydrogen) atoms. The van der Waals surface area contributed by atoms with Gasteiger partial charge in [-0.2, -0.15) is 0 Å². The summed E-state index contributed by atoms with van der Waals surface area (Å²) in [5.41, 5.74) is 4.37. The Balaban J connectivity index is 0.000000151. The Morgan fingerprint density at radius 1 is 0.218 bits per heavy atom. The minimum atomic E-state index is -0.330. The van der Waals surface area contributed by atoms with E-state index in [1.54, 1.807) is 0 Å². The van der Waals surface area contributed by atoms with Crippen LogP contribution in [0.5, 0.6) is 0 Å². The zero-order valence-corrected chi connectivity index (χ0v) is 48.3. The van der Waals surface area contributed by atoms with Crippen molar-refractivity contribution in [2.75, 3.05) is 18.5 Å². The molecule has 0 atom stereocenters. The Kier molecular flexibility index (Phi) is 22.6. The number of carbonyl (C=O) groups is 1. The molecule has 1 radical (unpaired) electrons. The first-order chi connectivity index (χ1) is 38.2. The first-order valence-electron chi connectivity index (χ1n) is 26.6. The van der Waals surface area contributed by atoms with Gasteiger partial charge in [-0.25, -0.2) is 0 Å². The largest absolute Gasteiger partial charge is 0.307 e. The molecule has 0 aliphatic heterocycles. The number of benzene rings is 12. The predicted molar refractivity (Wildman–Crippen MR) is 342 cm³/mol. The van der Waals surface area contributed by atoms with Gasteiger partial charge in [0.05, 0.1) is 0 Å². The molecular formula is C73H65OP3Rh. The van der Waals surface area contributed by atoms with Crippen molar-refractivity contribution >= 4 is 94.7 Å². The van der Waals surface area contributed by atoms with Gasteiger partial charge in [-0.1, -0.05) is 309 Å². The molecule has 12 aromatic carbocycles. The molecule has 12 rings (SSSR count). The molecule has 1 nitrogen and oxygen atoms in total. The second-order valence-corrected chi connectivity index (χ2v) is 25.6.